The number of anilines is 2. The molecule has 1 amide bonds. The lowest BCUT2D eigenvalue weighted by Gasteiger charge is -2.32. The number of carbonyl (C=O) groups is 1. The summed E-state index contributed by atoms with van der Waals surface area (Å²) in [4.78, 5) is 30.5. The van der Waals surface area contributed by atoms with Crippen LogP contribution in [-0.2, 0) is 15.1 Å². The third kappa shape index (κ3) is 6.10. The Kier molecular flexibility index (Phi) is 8.35. The second kappa shape index (κ2) is 12.5. The van der Waals surface area contributed by atoms with Gasteiger partial charge in [-0.15, -0.1) is 0 Å². The Hall–Kier alpha value is -5.39. The van der Waals surface area contributed by atoms with Crippen molar-refractivity contribution < 1.29 is 27.4 Å². The predicted molar refractivity (Wildman–Crippen MR) is 172 cm³/mol. The zero-order chi connectivity index (χ0) is 32.5. The number of fused-ring (bicyclic) bond motifs is 1. The highest BCUT2D eigenvalue weighted by atomic mass is 35.5. The summed E-state index contributed by atoms with van der Waals surface area (Å²) >= 11 is 6.36. The number of rotatable bonds is 7. The van der Waals surface area contributed by atoms with Crippen molar-refractivity contribution >= 4 is 49.9 Å². The highest BCUT2D eigenvalue weighted by molar-refractivity contribution is 7.73. The number of aliphatic imine (C=N–C) groups is 1. The molecule has 0 fully saturated rings. The molecule has 15 heteroatoms. The normalized spacial score (nSPS) is 16.8. The highest BCUT2D eigenvalue weighted by Gasteiger charge is 2.39. The Labute approximate surface area is 270 Å². The number of nitriles is 1. The number of amides is 1. The fraction of sp³-hybridized carbons (Fsp3) is 0.226. The van der Waals surface area contributed by atoms with Crippen LogP contribution < -0.4 is 29.3 Å². The van der Waals surface area contributed by atoms with Crippen LogP contribution in [0.4, 0.5) is 11.4 Å². The third-order valence-corrected chi connectivity index (χ3v) is 8.31. The van der Waals surface area contributed by atoms with Crippen molar-refractivity contribution in [2.45, 2.75) is 12.5 Å². The molecule has 0 radical (unpaired) electrons. The molecule has 3 aromatic rings. The van der Waals surface area contributed by atoms with Crippen LogP contribution in [0.5, 0.6) is 29.3 Å². The molecule has 13 nitrogen and oxygen atoms in total. The lowest BCUT2D eigenvalue weighted by molar-refractivity contribution is -0.124. The number of nitrogens with zero attached hydrogens (tertiary/aromatic N) is 6. The second-order valence-electron chi connectivity index (χ2n) is 10.5. The maximum absolute atomic E-state index is 13.6. The number of amidine groups is 1. The molecule has 6 rings (SSSR count). The van der Waals surface area contributed by atoms with Gasteiger partial charge in [-0.2, -0.15) is 23.6 Å². The average Bonchev–Trinajstić information content (AvgIpc) is 3.59. The summed E-state index contributed by atoms with van der Waals surface area (Å²) in [5.74, 6) is 0.718. The standard InChI is InChI=1S/C31H26ClN7O6S/c1-38(2)20-13-19(27-34-10-11-35-27)14-21(15-20)43-28-25-29(37-31(36-28)44-24-12-17(16-33)4-9-23(24)32)45-26(30(40)39(25)3)18-5-7-22(8-6-18)46(41)42/h4-7,9,12-15,26H,8,10-11H2,1-3H3,(H,34,35). The van der Waals surface area contributed by atoms with Crippen molar-refractivity contribution in [3.05, 3.63) is 76.3 Å². The molecule has 0 spiro atoms. The van der Waals surface area contributed by atoms with Crippen molar-refractivity contribution in [3.8, 4) is 35.3 Å². The van der Waals surface area contributed by atoms with E-state index in [0.717, 1.165) is 23.6 Å². The minimum atomic E-state index is -2.38. The molecule has 2 aliphatic heterocycles. The summed E-state index contributed by atoms with van der Waals surface area (Å²) in [7, 11) is 2.95. The van der Waals surface area contributed by atoms with Gasteiger partial charge in [-0.3, -0.25) is 9.79 Å². The van der Waals surface area contributed by atoms with Gasteiger partial charge in [0.2, 0.25) is 22.3 Å². The maximum Gasteiger partial charge on any atom is 0.328 e. The Bertz CT molecular complexity index is 2040. The van der Waals surface area contributed by atoms with Gasteiger partial charge in [0.05, 0.1) is 28.1 Å². The minimum Gasteiger partial charge on any atom is -0.458 e. The first-order valence-electron chi connectivity index (χ1n) is 14.0. The van der Waals surface area contributed by atoms with E-state index in [1.165, 1.54) is 36.2 Å². The summed E-state index contributed by atoms with van der Waals surface area (Å²) in [5, 5.41) is 12.9. The number of benzene rings is 2. The molecule has 1 aromatic heterocycles. The van der Waals surface area contributed by atoms with Gasteiger partial charge >= 0.3 is 6.01 Å². The number of allylic oxidation sites excluding steroid dienone is 2. The zero-order valence-corrected chi connectivity index (χ0v) is 26.4. The number of halogens is 1. The molecular formula is C31H26ClN7O6S. The second-order valence-corrected chi connectivity index (χ2v) is 11.9. The van der Waals surface area contributed by atoms with Crippen LogP contribution in [0.25, 0.3) is 0 Å². The summed E-state index contributed by atoms with van der Waals surface area (Å²) in [5.41, 5.74) is 2.53. The van der Waals surface area contributed by atoms with Crippen molar-refractivity contribution in [2.24, 2.45) is 4.99 Å². The Morgan fingerprint density at radius 1 is 1.15 bits per heavy atom. The first kappa shape index (κ1) is 30.6. The van der Waals surface area contributed by atoms with Crippen LogP contribution >= 0.6 is 11.6 Å². The summed E-state index contributed by atoms with van der Waals surface area (Å²) in [6.45, 7) is 1.37. The van der Waals surface area contributed by atoms with E-state index < -0.39 is 22.3 Å². The van der Waals surface area contributed by atoms with Gasteiger partial charge in [-0.1, -0.05) is 23.8 Å². The van der Waals surface area contributed by atoms with Gasteiger partial charge in [0.1, 0.15) is 11.6 Å². The molecule has 1 unspecified atom stereocenters. The molecular weight excluding hydrogens is 634 g/mol. The van der Waals surface area contributed by atoms with Gasteiger partial charge < -0.3 is 29.3 Å². The topological polar surface area (TPSA) is 159 Å². The number of ether oxygens (including phenoxy) is 3. The van der Waals surface area contributed by atoms with Crippen LogP contribution in [0.1, 0.15) is 17.5 Å². The molecule has 1 aliphatic carbocycles. The number of carbonyl (C=O) groups excluding carboxylic acids is 1. The summed E-state index contributed by atoms with van der Waals surface area (Å²) < 4.78 is 41.2. The highest BCUT2D eigenvalue weighted by Crippen LogP contribution is 2.44. The lowest BCUT2D eigenvalue weighted by atomic mass is 10.00. The van der Waals surface area contributed by atoms with Crippen LogP contribution in [-0.4, -0.2) is 75.3 Å². The largest absolute Gasteiger partial charge is 0.458 e. The maximum atomic E-state index is 13.6. The van der Waals surface area contributed by atoms with E-state index in [1.54, 1.807) is 24.3 Å². The van der Waals surface area contributed by atoms with E-state index in [9.17, 15) is 18.5 Å². The fourth-order valence-corrected chi connectivity index (χ4v) is 5.45. The van der Waals surface area contributed by atoms with Gasteiger partial charge in [-0.05, 0) is 35.9 Å². The van der Waals surface area contributed by atoms with Crippen molar-refractivity contribution in [1.82, 2.24) is 15.3 Å². The van der Waals surface area contributed by atoms with Gasteiger partial charge in [0, 0.05) is 57.5 Å². The summed E-state index contributed by atoms with van der Waals surface area (Å²) in [6.07, 6.45) is 3.54. The summed E-state index contributed by atoms with van der Waals surface area (Å²) in [6, 6.07) is 11.9. The van der Waals surface area contributed by atoms with Gasteiger partial charge in [0.25, 0.3) is 11.8 Å². The molecule has 0 saturated heterocycles. The molecule has 0 bridgehead atoms. The molecule has 1 N–H and O–H groups in total. The Morgan fingerprint density at radius 2 is 1.98 bits per heavy atom. The Morgan fingerprint density at radius 3 is 2.65 bits per heavy atom. The quantitative estimate of drug-likeness (QED) is 0.369. The van der Waals surface area contributed by atoms with E-state index in [0.29, 0.717) is 23.4 Å². The smallest absolute Gasteiger partial charge is 0.328 e. The predicted octanol–water partition coefficient (Wildman–Crippen LogP) is 3.66. The number of nitrogens with one attached hydrogen (secondary N) is 1. The van der Waals surface area contributed by atoms with Crippen molar-refractivity contribution in [2.75, 3.05) is 44.0 Å². The number of likely N-dealkylation sites (N-methyl/N-ethyl adjacent to an activating group) is 1. The van der Waals surface area contributed by atoms with E-state index in [2.05, 4.69) is 20.3 Å². The van der Waals surface area contributed by atoms with E-state index >= 15 is 0 Å². The SMILES string of the molecule is CN(C)c1cc(Oc2nc(Oc3cc(C#N)ccc3Cl)nc3c2N(C)C(=O)C(C2=CCC(=S(=O)=O)C=C2)O3)cc(C2=NCCN2)c1. The van der Waals surface area contributed by atoms with Gasteiger partial charge in [-0.25, -0.2) is 0 Å². The van der Waals surface area contributed by atoms with E-state index in [1.807, 2.05) is 31.1 Å². The number of hydrogen-bond acceptors (Lipinski definition) is 12. The average molecular weight is 660 g/mol. The molecule has 234 valence electrons. The molecule has 1 atom stereocenters. The van der Waals surface area contributed by atoms with Crippen LogP contribution in [0.15, 0.2) is 65.2 Å². The molecule has 0 saturated carbocycles. The first-order valence-corrected chi connectivity index (χ1v) is 15.4. The van der Waals surface area contributed by atoms with E-state index in [4.69, 9.17) is 25.8 Å². The molecule has 2 aromatic carbocycles. The number of aromatic nitrogens is 2. The van der Waals surface area contributed by atoms with Crippen LogP contribution in [0, 0.1) is 11.3 Å². The third-order valence-electron chi connectivity index (χ3n) is 7.27. The first-order chi connectivity index (χ1) is 22.1. The van der Waals surface area contributed by atoms with Crippen LogP contribution in [0.3, 0.4) is 0 Å². The minimum absolute atomic E-state index is 0.0260. The molecule has 46 heavy (non-hydrogen) atoms. The zero-order valence-electron chi connectivity index (χ0n) is 24.8. The fourth-order valence-electron chi connectivity index (χ4n) is 4.89. The monoisotopic (exact) mass is 659 g/mol. The molecule has 3 heterocycles. The molecule has 3 aliphatic rings. The van der Waals surface area contributed by atoms with Crippen molar-refractivity contribution in [1.29, 1.82) is 5.26 Å². The lowest BCUT2D eigenvalue weighted by Crippen LogP contribution is -2.45. The number of hydrogen-bond donors (Lipinski definition) is 1. The van der Waals surface area contributed by atoms with Crippen molar-refractivity contribution in [3.63, 3.8) is 0 Å². The van der Waals surface area contributed by atoms with E-state index in [-0.39, 0.29) is 45.5 Å². The Balaban J connectivity index is 1.45. The van der Waals surface area contributed by atoms with Crippen LogP contribution in [0.2, 0.25) is 5.02 Å². The van der Waals surface area contributed by atoms with Gasteiger partial charge in [0.15, 0.2) is 11.4 Å².